The minimum atomic E-state index is -2.42. The molecule has 29 heavy (non-hydrogen) atoms. The third-order valence-corrected chi connectivity index (χ3v) is 9.91. The lowest BCUT2D eigenvalue weighted by molar-refractivity contribution is 0.0706. The molecule has 0 spiro atoms. The van der Waals surface area contributed by atoms with Gasteiger partial charge in [-0.25, -0.2) is 0 Å². The molecule has 1 aromatic heterocycles. The molecule has 0 aliphatic carbocycles. The Morgan fingerprint density at radius 3 is 1.66 bits per heavy atom. The lowest BCUT2D eigenvalue weighted by Crippen LogP contribution is -2.45. The number of unbranched alkanes of at least 4 members (excludes halogenated alkanes) is 9. The zero-order valence-electron chi connectivity index (χ0n) is 19.0. The molecule has 0 aliphatic rings. The van der Waals surface area contributed by atoms with Gasteiger partial charge in [0.05, 0.1) is 0 Å². The van der Waals surface area contributed by atoms with Crippen molar-refractivity contribution in [3.8, 4) is 0 Å². The molecule has 1 rings (SSSR count). The first-order valence-electron chi connectivity index (χ1n) is 11.5. The van der Waals surface area contributed by atoms with Gasteiger partial charge in [0.25, 0.3) is 0 Å². The van der Waals surface area contributed by atoms with Crippen LogP contribution in [0.3, 0.4) is 0 Å². The van der Waals surface area contributed by atoms with Crippen molar-refractivity contribution in [2.24, 2.45) is 0 Å². The molecular weight excluding hydrogens is 420 g/mol. The van der Waals surface area contributed by atoms with Gasteiger partial charge in [0.1, 0.15) is 5.01 Å². The predicted molar refractivity (Wildman–Crippen MR) is 127 cm³/mol. The fourth-order valence-electron chi connectivity index (χ4n) is 3.36. The SMILES string of the molecule is CCO[Si](CCCCCCCCCCCCSc1nnc(C)s1)(OCC)OCC. The van der Waals surface area contributed by atoms with E-state index in [1.165, 1.54) is 63.5 Å². The fourth-order valence-corrected chi connectivity index (χ4v) is 7.93. The Balaban J connectivity index is 1.93. The number of thioether (sulfide) groups is 1. The van der Waals surface area contributed by atoms with Crippen LogP contribution in [0, 0.1) is 6.92 Å². The average Bonchev–Trinajstić information content (AvgIpc) is 3.11. The number of hydrogen-bond acceptors (Lipinski definition) is 7. The predicted octanol–water partition coefficient (Wildman–Crippen LogP) is 6.89. The highest BCUT2D eigenvalue weighted by Crippen LogP contribution is 2.23. The normalized spacial score (nSPS) is 12.0. The largest absolute Gasteiger partial charge is 0.500 e. The van der Waals surface area contributed by atoms with Crippen molar-refractivity contribution in [1.82, 2.24) is 10.2 Å². The van der Waals surface area contributed by atoms with Crippen LogP contribution in [-0.2, 0) is 13.3 Å². The summed E-state index contributed by atoms with van der Waals surface area (Å²) in [4.78, 5) is 0. The van der Waals surface area contributed by atoms with Crippen molar-refractivity contribution in [3.63, 3.8) is 0 Å². The van der Waals surface area contributed by atoms with Gasteiger partial charge in [-0.05, 0) is 40.5 Å². The minimum Gasteiger partial charge on any atom is -0.374 e. The topological polar surface area (TPSA) is 53.5 Å². The van der Waals surface area contributed by atoms with Crippen LogP contribution in [0.1, 0.15) is 90.0 Å². The first-order chi connectivity index (χ1) is 14.2. The first kappa shape index (κ1) is 27.0. The zero-order chi connectivity index (χ0) is 21.2. The van der Waals surface area contributed by atoms with Crippen LogP contribution in [0.2, 0.25) is 6.04 Å². The Hall–Kier alpha value is 0.00688. The Labute approximate surface area is 188 Å². The molecule has 8 heteroatoms. The molecule has 0 fully saturated rings. The number of hydrogen-bond donors (Lipinski definition) is 0. The summed E-state index contributed by atoms with van der Waals surface area (Å²) in [5, 5.41) is 9.28. The summed E-state index contributed by atoms with van der Waals surface area (Å²) < 4.78 is 18.9. The van der Waals surface area contributed by atoms with Gasteiger partial charge < -0.3 is 13.3 Å². The smallest absolute Gasteiger partial charge is 0.374 e. The molecule has 1 heterocycles. The molecule has 0 atom stereocenters. The average molecular weight is 463 g/mol. The van der Waals surface area contributed by atoms with Crippen LogP contribution in [0.25, 0.3) is 0 Å². The zero-order valence-corrected chi connectivity index (χ0v) is 21.7. The van der Waals surface area contributed by atoms with E-state index < -0.39 is 8.80 Å². The highest BCUT2D eigenvalue weighted by atomic mass is 32.2. The summed E-state index contributed by atoms with van der Waals surface area (Å²) in [5.74, 6) is 1.17. The lowest BCUT2D eigenvalue weighted by Gasteiger charge is -2.28. The van der Waals surface area contributed by atoms with Crippen LogP contribution in [0.15, 0.2) is 4.34 Å². The van der Waals surface area contributed by atoms with E-state index in [9.17, 15) is 0 Å². The van der Waals surface area contributed by atoms with Crippen LogP contribution in [0.5, 0.6) is 0 Å². The van der Waals surface area contributed by atoms with E-state index in [4.69, 9.17) is 13.3 Å². The van der Waals surface area contributed by atoms with Crippen LogP contribution in [0.4, 0.5) is 0 Å². The van der Waals surface area contributed by atoms with E-state index in [2.05, 4.69) is 10.2 Å². The van der Waals surface area contributed by atoms with Crippen molar-refractivity contribution in [1.29, 1.82) is 0 Å². The first-order valence-corrected chi connectivity index (χ1v) is 15.2. The second-order valence-corrected chi connectivity index (χ2v) is 12.5. The Morgan fingerprint density at radius 1 is 0.724 bits per heavy atom. The van der Waals surface area contributed by atoms with Gasteiger partial charge in [0.15, 0.2) is 4.34 Å². The molecule has 0 bridgehead atoms. The van der Waals surface area contributed by atoms with Crippen LogP contribution >= 0.6 is 23.1 Å². The number of nitrogens with zero attached hydrogens (tertiary/aromatic N) is 2. The van der Waals surface area contributed by atoms with Gasteiger partial charge in [0.2, 0.25) is 0 Å². The molecule has 0 radical (unpaired) electrons. The van der Waals surface area contributed by atoms with Gasteiger partial charge in [-0.15, -0.1) is 10.2 Å². The van der Waals surface area contributed by atoms with E-state index in [1.54, 1.807) is 11.3 Å². The van der Waals surface area contributed by atoms with Crippen molar-refractivity contribution in [2.75, 3.05) is 25.6 Å². The summed E-state index contributed by atoms with van der Waals surface area (Å²) in [7, 11) is -2.42. The molecule has 0 unspecified atom stereocenters. The van der Waals surface area contributed by atoms with Crippen LogP contribution < -0.4 is 0 Å². The highest BCUT2D eigenvalue weighted by Gasteiger charge is 2.39. The highest BCUT2D eigenvalue weighted by molar-refractivity contribution is 8.01. The van der Waals surface area contributed by atoms with Crippen molar-refractivity contribution in [2.45, 2.75) is 102 Å². The molecular formula is C21H42N2O3S2Si. The quantitative estimate of drug-likeness (QED) is 0.119. The monoisotopic (exact) mass is 462 g/mol. The summed E-state index contributed by atoms with van der Waals surface area (Å²) >= 11 is 3.55. The van der Waals surface area contributed by atoms with Gasteiger partial charge in [0, 0.05) is 31.6 Å². The van der Waals surface area contributed by atoms with E-state index in [1.807, 2.05) is 39.5 Å². The van der Waals surface area contributed by atoms with Gasteiger partial charge >= 0.3 is 8.80 Å². The maximum atomic E-state index is 5.92. The second-order valence-electron chi connectivity index (χ2n) is 7.20. The maximum absolute atomic E-state index is 5.92. The summed E-state index contributed by atoms with van der Waals surface area (Å²) in [6, 6.07) is 0.956. The number of rotatable bonds is 20. The number of aromatic nitrogens is 2. The number of aryl methyl sites for hydroxylation is 1. The molecule has 170 valence electrons. The maximum Gasteiger partial charge on any atom is 0.500 e. The summed E-state index contributed by atoms with van der Waals surface area (Å²) in [6.07, 6.45) is 13.2. The van der Waals surface area contributed by atoms with Crippen molar-refractivity contribution in [3.05, 3.63) is 5.01 Å². The third kappa shape index (κ3) is 13.1. The van der Waals surface area contributed by atoms with E-state index in [0.717, 1.165) is 21.8 Å². The summed E-state index contributed by atoms with van der Waals surface area (Å²) in [6.45, 7) is 10.1. The Morgan fingerprint density at radius 2 is 1.21 bits per heavy atom. The molecule has 0 saturated heterocycles. The molecule has 0 aliphatic heterocycles. The van der Waals surface area contributed by atoms with Gasteiger partial charge in [-0.2, -0.15) is 0 Å². The fraction of sp³-hybridized carbons (Fsp3) is 0.905. The van der Waals surface area contributed by atoms with Crippen molar-refractivity contribution < 1.29 is 13.3 Å². The third-order valence-electron chi connectivity index (χ3n) is 4.70. The summed E-state index contributed by atoms with van der Waals surface area (Å²) in [5.41, 5.74) is 0. The molecule has 0 aromatic carbocycles. The lowest BCUT2D eigenvalue weighted by atomic mass is 10.1. The second kappa shape index (κ2) is 17.7. The van der Waals surface area contributed by atoms with Crippen molar-refractivity contribution >= 4 is 31.9 Å². The Kier molecular flexibility index (Phi) is 16.5. The van der Waals surface area contributed by atoms with Gasteiger partial charge in [-0.1, -0.05) is 74.5 Å². The van der Waals surface area contributed by atoms with Gasteiger partial charge in [-0.3, -0.25) is 0 Å². The van der Waals surface area contributed by atoms with E-state index in [-0.39, 0.29) is 0 Å². The molecule has 0 amide bonds. The molecule has 0 N–H and O–H groups in total. The standard InChI is InChI=1S/C21H42N2O3S2Si/c1-5-24-29(25-6-2,26-7-3)19-17-15-13-11-9-8-10-12-14-16-18-27-21-23-22-20(4)28-21/h5-19H2,1-4H3. The van der Waals surface area contributed by atoms with E-state index >= 15 is 0 Å². The van der Waals surface area contributed by atoms with Crippen LogP contribution in [-0.4, -0.2) is 44.6 Å². The minimum absolute atomic E-state index is 0.673. The molecule has 0 saturated carbocycles. The Bertz CT molecular complexity index is 489. The molecule has 5 nitrogen and oxygen atoms in total. The molecule has 1 aromatic rings. The van der Waals surface area contributed by atoms with E-state index in [0.29, 0.717) is 19.8 Å².